The molecular formula is C12H25NO3. The lowest BCUT2D eigenvalue weighted by Gasteiger charge is -2.32. The molecule has 0 fully saturated rings. The zero-order valence-corrected chi connectivity index (χ0v) is 10.6. The number of carboxylic acid groups (broad SMARTS) is 1. The van der Waals surface area contributed by atoms with E-state index in [0.29, 0.717) is 12.8 Å². The molecule has 0 amide bonds. The highest BCUT2D eigenvalue weighted by atomic mass is 16.4. The number of aliphatic carboxylic acids is 1. The molecule has 0 saturated heterocycles. The molecule has 0 aliphatic carbocycles. The molecule has 2 unspecified atom stereocenters. The molecule has 2 atom stereocenters. The minimum Gasteiger partial charge on any atom is -0.480 e. The van der Waals surface area contributed by atoms with Gasteiger partial charge in [0.15, 0.2) is 0 Å². The molecule has 0 spiro atoms. The number of hydrogen-bond acceptors (Lipinski definition) is 3. The summed E-state index contributed by atoms with van der Waals surface area (Å²) in [5, 5.41) is 21.2. The summed E-state index contributed by atoms with van der Waals surface area (Å²) < 4.78 is 0. The smallest absolute Gasteiger partial charge is 0.320 e. The normalized spacial score (nSPS) is 16.8. The van der Waals surface area contributed by atoms with Gasteiger partial charge in [-0.3, -0.25) is 10.1 Å². The summed E-state index contributed by atoms with van der Waals surface area (Å²) in [6, 6.07) is -0.503. The van der Waals surface area contributed by atoms with Crippen LogP contribution in [0.15, 0.2) is 0 Å². The van der Waals surface area contributed by atoms with Gasteiger partial charge < -0.3 is 10.2 Å². The highest BCUT2D eigenvalue weighted by molar-refractivity contribution is 5.73. The Labute approximate surface area is 98.1 Å². The van der Waals surface area contributed by atoms with Gasteiger partial charge in [-0.1, -0.05) is 26.7 Å². The van der Waals surface area contributed by atoms with E-state index < -0.39 is 12.0 Å². The Hall–Kier alpha value is -0.610. The van der Waals surface area contributed by atoms with E-state index in [1.807, 2.05) is 20.8 Å². The van der Waals surface area contributed by atoms with Crippen LogP contribution in [-0.4, -0.2) is 34.4 Å². The van der Waals surface area contributed by atoms with E-state index in [4.69, 9.17) is 10.2 Å². The van der Waals surface area contributed by atoms with Crippen molar-refractivity contribution in [3.05, 3.63) is 0 Å². The number of nitrogens with one attached hydrogen (secondary N) is 1. The van der Waals surface area contributed by atoms with Crippen LogP contribution in [0, 0.1) is 0 Å². The molecule has 0 rings (SSSR count). The minimum atomic E-state index is -0.800. The number of aliphatic hydroxyl groups excluding tert-OH is 1. The minimum absolute atomic E-state index is 0.0808. The van der Waals surface area contributed by atoms with Gasteiger partial charge in [-0.15, -0.1) is 0 Å². The summed E-state index contributed by atoms with van der Waals surface area (Å²) in [6.45, 7) is 6.09. The first-order chi connectivity index (χ1) is 7.49. The molecule has 4 heteroatoms. The van der Waals surface area contributed by atoms with E-state index >= 15 is 0 Å². The molecule has 96 valence electrons. The Morgan fingerprint density at radius 1 is 1.44 bits per heavy atom. The number of carbonyl (C=O) groups is 1. The van der Waals surface area contributed by atoms with E-state index in [2.05, 4.69) is 5.32 Å². The van der Waals surface area contributed by atoms with Gasteiger partial charge in [0.05, 0.1) is 0 Å². The van der Waals surface area contributed by atoms with E-state index in [-0.39, 0.29) is 12.1 Å². The van der Waals surface area contributed by atoms with E-state index in [1.165, 1.54) is 0 Å². The van der Waals surface area contributed by atoms with Gasteiger partial charge in [0, 0.05) is 12.1 Å². The lowest BCUT2D eigenvalue weighted by Crippen LogP contribution is -2.51. The van der Waals surface area contributed by atoms with Gasteiger partial charge in [-0.05, 0) is 26.2 Å². The quantitative estimate of drug-likeness (QED) is 0.565. The third-order valence-electron chi connectivity index (χ3n) is 3.11. The maximum atomic E-state index is 11.1. The number of carboxylic acids is 1. The lowest BCUT2D eigenvalue weighted by molar-refractivity contribution is -0.140. The molecule has 0 aromatic carbocycles. The zero-order chi connectivity index (χ0) is 12.6. The maximum absolute atomic E-state index is 11.1. The first-order valence-electron chi connectivity index (χ1n) is 6.10. The van der Waals surface area contributed by atoms with Crippen molar-refractivity contribution in [1.29, 1.82) is 0 Å². The number of rotatable bonds is 9. The monoisotopic (exact) mass is 231 g/mol. The van der Waals surface area contributed by atoms with Crippen LogP contribution < -0.4 is 5.32 Å². The van der Waals surface area contributed by atoms with Gasteiger partial charge in [0.1, 0.15) is 6.04 Å². The van der Waals surface area contributed by atoms with E-state index in [1.54, 1.807) is 0 Å². The Morgan fingerprint density at radius 2 is 2.06 bits per heavy atom. The average molecular weight is 231 g/mol. The van der Waals surface area contributed by atoms with Gasteiger partial charge in [0.25, 0.3) is 0 Å². The molecule has 0 bridgehead atoms. The van der Waals surface area contributed by atoms with Crippen molar-refractivity contribution in [1.82, 2.24) is 5.32 Å². The van der Waals surface area contributed by atoms with Crippen molar-refractivity contribution >= 4 is 5.97 Å². The molecule has 16 heavy (non-hydrogen) atoms. The molecule has 0 aliphatic heterocycles. The van der Waals surface area contributed by atoms with Gasteiger partial charge in [-0.2, -0.15) is 0 Å². The fraction of sp³-hybridized carbons (Fsp3) is 0.917. The van der Waals surface area contributed by atoms with E-state index in [9.17, 15) is 4.79 Å². The summed E-state index contributed by atoms with van der Waals surface area (Å²) in [5.74, 6) is -0.800. The maximum Gasteiger partial charge on any atom is 0.320 e. The first-order valence-corrected chi connectivity index (χ1v) is 6.10. The van der Waals surface area contributed by atoms with Crippen molar-refractivity contribution in [2.24, 2.45) is 0 Å². The standard InChI is InChI=1S/C12H25NO3/c1-4-6-7-10(11(15)16)13-12(3,5-2)8-9-14/h10,13-14H,4-9H2,1-3H3,(H,15,16). The fourth-order valence-electron chi connectivity index (χ4n) is 1.68. The Kier molecular flexibility index (Phi) is 7.34. The highest BCUT2D eigenvalue weighted by Gasteiger charge is 2.28. The largest absolute Gasteiger partial charge is 0.480 e. The summed E-state index contributed by atoms with van der Waals surface area (Å²) >= 11 is 0. The predicted octanol–water partition coefficient (Wildman–Crippen LogP) is 1.77. The third kappa shape index (κ3) is 5.47. The summed E-state index contributed by atoms with van der Waals surface area (Å²) in [7, 11) is 0. The average Bonchev–Trinajstić information content (AvgIpc) is 2.24. The van der Waals surface area contributed by atoms with Gasteiger partial charge >= 0.3 is 5.97 Å². The van der Waals surface area contributed by atoms with Crippen molar-refractivity contribution in [2.45, 2.75) is 64.5 Å². The third-order valence-corrected chi connectivity index (χ3v) is 3.11. The molecule has 0 heterocycles. The summed E-state index contributed by atoms with van der Waals surface area (Å²) in [5.41, 5.74) is -0.286. The van der Waals surface area contributed by atoms with Crippen molar-refractivity contribution < 1.29 is 15.0 Å². The van der Waals surface area contributed by atoms with Crippen LogP contribution >= 0.6 is 0 Å². The second-order valence-electron chi connectivity index (χ2n) is 4.57. The molecule has 0 aliphatic rings. The predicted molar refractivity (Wildman–Crippen MR) is 64.5 cm³/mol. The Balaban J connectivity index is 4.39. The van der Waals surface area contributed by atoms with Crippen LogP contribution in [0.25, 0.3) is 0 Å². The van der Waals surface area contributed by atoms with E-state index in [0.717, 1.165) is 19.3 Å². The van der Waals surface area contributed by atoms with Crippen LogP contribution in [0.2, 0.25) is 0 Å². The first kappa shape index (κ1) is 15.4. The topological polar surface area (TPSA) is 69.6 Å². The van der Waals surface area contributed by atoms with Crippen LogP contribution in [0.3, 0.4) is 0 Å². The van der Waals surface area contributed by atoms with Crippen molar-refractivity contribution in [3.8, 4) is 0 Å². The number of hydrogen-bond donors (Lipinski definition) is 3. The van der Waals surface area contributed by atoms with Crippen LogP contribution in [-0.2, 0) is 4.79 Å². The summed E-state index contributed by atoms with van der Waals surface area (Å²) in [4.78, 5) is 11.1. The molecular weight excluding hydrogens is 206 g/mol. The molecule has 0 aromatic rings. The zero-order valence-electron chi connectivity index (χ0n) is 10.6. The number of unbranched alkanes of at least 4 members (excludes halogenated alkanes) is 1. The second-order valence-corrected chi connectivity index (χ2v) is 4.57. The molecule has 0 aromatic heterocycles. The summed E-state index contributed by atoms with van der Waals surface area (Å²) in [6.07, 6.45) is 3.94. The molecule has 3 N–H and O–H groups in total. The van der Waals surface area contributed by atoms with Crippen molar-refractivity contribution in [2.75, 3.05) is 6.61 Å². The van der Waals surface area contributed by atoms with Crippen LogP contribution in [0.5, 0.6) is 0 Å². The SMILES string of the molecule is CCCCC(NC(C)(CC)CCO)C(=O)O. The van der Waals surface area contributed by atoms with Crippen molar-refractivity contribution in [3.63, 3.8) is 0 Å². The van der Waals surface area contributed by atoms with Crippen LogP contribution in [0.4, 0.5) is 0 Å². The number of aliphatic hydroxyl groups is 1. The molecule has 4 nitrogen and oxygen atoms in total. The Morgan fingerprint density at radius 3 is 2.44 bits per heavy atom. The second kappa shape index (κ2) is 7.63. The van der Waals surface area contributed by atoms with Gasteiger partial charge in [-0.25, -0.2) is 0 Å². The Bertz CT molecular complexity index is 208. The fourth-order valence-corrected chi connectivity index (χ4v) is 1.68. The molecule has 0 saturated carbocycles. The lowest BCUT2D eigenvalue weighted by atomic mass is 9.93. The molecule has 0 radical (unpaired) electrons. The van der Waals surface area contributed by atoms with Gasteiger partial charge in [0.2, 0.25) is 0 Å². The van der Waals surface area contributed by atoms with Crippen LogP contribution in [0.1, 0.15) is 52.9 Å². The highest BCUT2D eigenvalue weighted by Crippen LogP contribution is 2.16.